The summed E-state index contributed by atoms with van der Waals surface area (Å²) in [5.74, 6) is 0.596. The Morgan fingerprint density at radius 2 is 2.23 bits per heavy atom. The summed E-state index contributed by atoms with van der Waals surface area (Å²) in [7, 11) is 0. The van der Waals surface area contributed by atoms with Gasteiger partial charge in [0.2, 0.25) is 5.91 Å². The van der Waals surface area contributed by atoms with Gasteiger partial charge in [0, 0.05) is 11.6 Å². The second-order valence-corrected chi connectivity index (χ2v) is 6.03. The third-order valence-electron chi connectivity index (χ3n) is 4.30. The molecule has 0 atom stereocenters. The van der Waals surface area contributed by atoms with Gasteiger partial charge >= 0.3 is 0 Å². The van der Waals surface area contributed by atoms with Gasteiger partial charge in [-0.2, -0.15) is 10.2 Å². The molecule has 2 N–H and O–H groups in total. The summed E-state index contributed by atoms with van der Waals surface area (Å²) in [5.41, 5.74) is 5.40. The van der Waals surface area contributed by atoms with E-state index in [0.717, 1.165) is 29.2 Å². The van der Waals surface area contributed by atoms with Crippen molar-refractivity contribution < 1.29 is 4.79 Å². The van der Waals surface area contributed by atoms with Crippen LogP contribution in [0.4, 0.5) is 0 Å². The Morgan fingerprint density at radius 3 is 2.86 bits per heavy atom. The Balaban J connectivity index is 1.55. The maximum Gasteiger partial charge on any atom is 0.242 e. The van der Waals surface area contributed by atoms with Gasteiger partial charge in [-0.1, -0.05) is 6.92 Å². The molecular weight excluding hydrogens is 278 g/mol. The zero-order valence-electron chi connectivity index (χ0n) is 13.4. The van der Waals surface area contributed by atoms with E-state index in [1.807, 2.05) is 13.8 Å². The Hall–Kier alpha value is -2.11. The lowest BCUT2D eigenvalue weighted by Gasteiger charge is -2.06. The molecule has 0 radical (unpaired) electrons. The van der Waals surface area contributed by atoms with Crippen molar-refractivity contribution in [2.45, 2.75) is 59.0 Å². The number of carbonyl (C=O) groups is 1. The van der Waals surface area contributed by atoms with Crippen LogP contribution in [0.15, 0.2) is 6.07 Å². The van der Waals surface area contributed by atoms with Crippen LogP contribution in [0.2, 0.25) is 0 Å². The molecule has 1 saturated carbocycles. The van der Waals surface area contributed by atoms with E-state index < -0.39 is 0 Å². The van der Waals surface area contributed by atoms with Crippen molar-refractivity contribution in [2.24, 2.45) is 0 Å². The second kappa shape index (κ2) is 5.94. The van der Waals surface area contributed by atoms with Gasteiger partial charge in [-0.25, -0.2) is 0 Å². The van der Waals surface area contributed by atoms with Gasteiger partial charge in [0.05, 0.1) is 23.6 Å². The molecule has 2 aromatic rings. The molecule has 6 heteroatoms. The molecule has 0 spiro atoms. The van der Waals surface area contributed by atoms with Crippen LogP contribution < -0.4 is 5.32 Å². The number of aromatic nitrogens is 4. The number of hydrogen-bond donors (Lipinski definition) is 2. The summed E-state index contributed by atoms with van der Waals surface area (Å²) in [6, 6.07) is 2.05. The molecule has 22 heavy (non-hydrogen) atoms. The highest BCUT2D eigenvalue weighted by atomic mass is 16.2. The Morgan fingerprint density at radius 1 is 1.45 bits per heavy atom. The van der Waals surface area contributed by atoms with Crippen LogP contribution in [-0.2, 0) is 24.3 Å². The fraction of sp³-hybridized carbons (Fsp3) is 0.562. The number of H-pyrrole nitrogens is 1. The number of nitrogens with zero attached hydrogens (tertiary/aromatic N) is 3. The lowest BCUT2D eigenvalue weighted by Crippen LogP contribution is -2.28. The highest BCUT2D eigenvalue weighted by Crippen LogP contribution is 2.38. The lowest BCUT2D eigenvalue weighted by molar-refractivity contribution is -0.122. The highest BCUT2D eigenvalue weighted by molar-refractivity contribution is 5.75. The number of amides is 1. The highest BCUT2D eigenvalue weighted by Gasteiger charge is 2.26. The minimum Gasteiger partial charge on any atom is -0.349 e. The predicted molar refractivity (Wildman–Crippen MR) is 83.5 cm³/mol. The summed E-state index contributed by atoms with van der Waals surface area (Å²) < 4.78 is 1.78. The van der Waals surface area contributed by atoms with Crippen molar-refractivity contribution >= 4 is 5.91 Å². The van der Waals surface area contributed by atoms with Crippen molar-refractivity contribution in [1.82, 2.24) is 25.3 Å². The molecule has 2 aromatic heterocycles. The minimum absolute atomic E-state index is 0.0316. The molecule has 0 unspecified atom stereocenters. The van der Waals surface area contributed by atoms with Gasteiger partial charge in [0.1, 0.15) is 6.54 Å². The Bertz CT molecular complexity index is 681. The first-order valence-corrected chi connectivity index (χ1v) is 7.92. The molecule has 3 rings (SSSR count). The molecule has 0 aromatic carbocycles. The van der Waals surface area contributed by atoms with Crippen molar-refractivity contribution in [3.8, 4) is 0 Å². The van der Waals surface area contributed by atoms with Crippen molar-refractivity contribution in [2.75, 3.05) is 0 Å². The van der Waals surface area contributed by atoms with Crippen LogP contribution in [0, 0.1) is 13.8 Å². The molecule has 0 bridgehead atoms. The van der Waals surface area contributed by atoms with Crippen LogP contribution in [0.1, 0.15) is 54.0 Å². The fourth-order valence-corrected chi connectivity index (χ4v) is 2.84. The minimum atomic E-state index is -0.0316. The predicted octanol–water partition coefficient (Wildman–Crippen LogP) is 1.98. The van der Waals surface area contributed by atoms with E-state index in [9.17, 15) is 4.79 Å². The second-order valence-electron chi connectivity index (χ2n) is 6.03. The number of nitrogens with one attached hydrogen (secondary N) is 2. The van der Waals surface area contributed by atoms with Crippen molar-refractivity contribution in [3.63, 3.8) is 0 Å². The van der Waals surface area contributed by atoms with Gasteiger partial charge in [-0.15, -0.1) is 0 Å². The summed E-state index contributed by atoms with van der Waals surface area (Å²) in [4.78, 5) is 12.1. The third kappa shape index (κ3) is 3.05. The van der Waals surface area contributed by atoms with Crippen LogP contribution in [0.25, 0.3) is 0 Å². The van der Waals surface area contributed by atoms with E-state index in [1.165, 1.54) is 18.4 Å². The van der Waals surface area contributed by atoms with E-state index in [2.05, 4.69) is 33.6 Å². The van der Waals surface area contributed by atoms with E-state index in [0.29, 0.717) is 12.5 Å². The van der Waals surface area contributed by atoms with Gasteiger partial charge in [-0.3, -0.25) is 14.6 Å². The summed E-state index contributed by atoms with van der Waals surface area (Å²) in [6.45, 7) is 6.86. The van der Waals surface area contributed by atoms with Crippen LogP contribution in [0.5, 0.6) is 0 Å². The van der Waals surface area contributed by atoms with Gasteiger partial charge in [-0.05, 0) is 44.7 Å². The van der Waals surface area contributed by atoms with Gasteiger partial charge in [0.25, 0.3) is 0 Å². The topological polar surface area (TPSA) is 75.6 Å². The molecule has 1 amide bonds. The van der Waals surface area contributed by atoms with Gasteiger partial charge < -0.3 is 5.32 Å². The largest absolute Gasteiger partial charge is 0.349 e. The van der Waals surface area contributed by atoms with Crippen LogP contribution in [-0.4, -0.2) is 25.9 Å². The molecule has 0 saturated heterocycles. The quantitative estimate of drug-likeness (QED) is 0.856. The number of rotatable bonds is 6. The average molecular weight is 301 g/mol. The van der Waals surface area contributed by atoms with E-state index in [-0.39, 0.29) is 12.5 Å². The molecule has 1 aliphatic rings. The third-order valence-corrected chi connectivity index (χ3v) is 4.30. The van der Waals surface area contributed by atoms with Crippen LogP contribution in [0.3, 0.4) is 0 Å². The maximum atomic E-state index is 12.1. The zero-order valence-corrected chi connectivity index (χ0v) is 13.4. The van der Waals surface area contributed by atoms with E-state index >= 15 is 0 Å². The smallest absolute Gasteiger partial charge is 0.242 e. The molecule has 118 valence electrons. The number of hydrogen-bond acceptors (Lipinski definition) is 3. The normalized spacial score (nSPS) is 14.3. The summed E-state index contributed by atoms with van der Waals surface area (Å²) >= 11 is 0. The first-order valence-electron chi connectivity index (χ1n) is 7.92. The van der Waals surface area contributed by atoms with Gasteiger partial charge in [0.15, 0.2) is 0 Å². The monoisotopic (exact) mass is 301 g/mol. The number of aromatic amines is 1. The standard InChI is InChI=1S/C16H23N5O/c1-4-14-10(2)20-21(11(14)3)9-16(22)17-8-13-7-15(19-18-13)12-5-6-12/h7,12H,4-6,8-9H2,1-3H3,(H,17,22)(H,18,19). The molecule has 2 heterocycles. The lowest BCUT2D eigenvalue weighted by atomic mass is 10.1. The van der Waals surface area contributed by atoms with E-state index in [1.54, 1.807) is 4.68 Å². The fourth-order valence-electron chi connectivity index (χ4n) is 2.84. The average Bonchev–Trinajstić information content (AvgIpc) is 3.17. The molecular formula is C16H23N5O. The zero-order chi connectivity index (χ0) is 15.7. The SMILES string of the molecule is CCc1c(C)nn(CC(=O)NCc2cc(C3CC3)n[nH]2)c1C. The molecule has 1 aliphatic carbocycles. The van der Waals surface area contributed by atoms with Crippen molar-refractivity contribution in [1.29, 1.82) is 0 Å². The Kier molecular flexibility index (Phi) is 4.00. The number of aryl methyl sites for hydroxylation is 1. The molecule has 0 aliphatic heterocycles. The molecule has 1 fully saturated rings. The van der Waals surface area contributed by atoms with E-state index in [4.69, 9.17) is 0 Å². The van der Waals surface area contributed by atoms with Crippen molar-refractivity contribution in [3.05, 3.63) is 34.4 Å². The first-order chi connectivity index (χ1) is 10.6. The first kappa shape index (κ1) is 14.8. The maximum absolute atomic E-state index is 12.1. The summed E-state index contributed by atoms with van der Waals surface area (Å²) in [5, 5.41) is 14.6. The Labute approximate surface area is 130 Å². The molecule has 6 nitrogen and oxygen atoms in total. The number of carbonyl (C=O) groups excluding carboxylic acids is 1. The van der Waals surface area contributed by atoms with Crippen LogP contribution >= 0.6 is 0 Å². The summed E-state index contributed by atoms with van der Waals surface area (Å²) in [6.07, 6.45) is 3.40.